The van der Waals surface area contributed by atoms with Crippen molar-refractivity contribution in [2.45, 2.75) is 91.6 Å². The maximum Gasteiger partial charge on any atom is 0.302 e. The van der Waals surface area contributed by atoms with Gasteiger partial charge in [-0.15, -0.1) is 0 Å². The van der Waals surface area contributed by atoms with Crippen molar-refractivity contribution in [2.75, 3.05) is 0 Å². The van der Waals surface area contributed by atoms with Gasteiger partial charge in [0.05, 0.1) is 0 Å². The van der Waals surface area contributed by atoms with Gasteiger partial charge in [0.15, 0.2) is 0 Å². The molecule has 4 aliphatic rings. The number of ether oxygens (including phenoxy) is 1. The maximum atomic E-state index is 11.6. The van der Waals surface area contributed by atoms with Gasteiger partial charge < -0.3 is 4.74 Å². The van der Waals surface area contributed by atoms with E-state index >= 15 is 0 Å². The Kier molecular flexibility index (Phi) is 4.32. The van der Waals surface area contributed by atoms with Crippen molar-refractivity contribution < 1.29 is 9.53 Å². The minimum absolute atomic E-state index is 0.0887. The second-order valence-electron chi connectivity index (χ2n) is 10.0. The first-order valence-electron chi connectivity index (χ1n) is 10.7. The molecule has 25 heavy (non-hydrogen) atoms. The van der Waals surface area contributed by atoms with Crippen molar-refractivity contribution in [3.05, 3.63) is 11.6 Å². The predicted octanol–water partition coefficient (Wildman–Crippen LogP) is 5.91. The van der Waals surface area contributed by atoms with Gasteiger partial charge in [0.25, 0.3) is 0 Å². The highest BCUT2D eigenvalue weighted by atomic mass is 16.5. The molecule has 140 valence electrons. The van der Waals surface area contributed by atoms with Gasteiger partial charge in [-0.1, -0.05) is 32.4 Å². The molecule has 0 aromatic heterocycles. The third-order valence-electron chi connectivity index (χ3n) is 9.08. The van der Waals surface area contributed by atoms with Gasteiger partial charge in [-0.05, 0) is 86.9 Å². The Bertz CT molecular complexity index is 579. The van der Waals surface area contributed by atoms with E-state index in [4.69, 9.17) is 4.74 Å². The second-order valence-corrected chi connectivity index (χ2v) is 10.0. The first kappa shape index (κ1) is 17.6. The van der Waals surface area contributed by atoms with Crippen LogP contribution < -0.4 is 0 Å². The lowest BCUT2D eigenvalue weighted by molar-refractivity contribution is -0.159. The first-order chi connectivity index (χ1) is 11.9. The average Bonchev–Trinajstić information content (AvgIpc) is 2.90. The number of carbonyl (C=O) groups excluding carboxylic acids is 1. The summed E-state index contributed by atoms with van der Waals surface area (Å²) in [5.74, 6) is 3.33. The zero-order valence-corrected chi connectivity index (χ0v) is 16.6. The molecule has 4 aliphatic carbocycles. The molecule has 7 atom stereocenters. The van der Waals surface area contributed by atoms with Gasteiger partial charge in [0.2, 0.25) is 0 Å². The molecular formula is C23H36O2. The lowest BCUT2D eigenvalue weighted by atomic mass is 9.45. The summed E-state index contributed by atoms with van der Waals surface area (Å²) in [7, 11) is 0. The number of esters is 1. The van der Waals surface area contributed by atoms with Gasteiger partial charge in [-0.3, -0.25) is 4.79 Å². The van der Waals surface area contributed by atoms with E-state index in [1.54, 1.807) is 12.5 Å². The number of carbonyl (C=O) groups is 1. The van der Waals surface area contributed by atoms with Crippen LogP contribution in [0.25, 0.3) is 0 Å². The highest BCUT2D eigenvalue weighted by Gasteiger charge is 2.60. The fraction of sp³-hybridized carbons (Fsp3) is 0.870. The fourth-order valence-corrected chi connectivity index (χ4v) is 7.59. The molecule has 2 heteroatoms. The minimum Gasteiger partial charge on any atom is -0.462 e. The molecule has 0 unspecified atom stereocenters. The largest absolute Gasteiger partial charge is 0.462 e. The van der Waals surface area contributed by atoms with Crippen LogP contribution in [0.15, 0.2) is 11.6 Å². The third kappa shape index (κ3) is 2.61. The highest BCUT2D eigenvalue weighted by molar-refractivity contribution is 5.66. The van der Waals surface area contributed by atoms with E-state index in [9.17, 15) is 4.79 Å². The Morgan fingerprint density at radius 2 is 1.88 bits per heavy atom. The van der Waals surface area contributed by atoms with E-state index in [0.29, 0.717) is 5.41 Å². The monoisotopic (exact) mass is 344 g/mol. The smallest absolute Gasteiger partial charge is 0.302 e. The molecule has 3 saturated carbocycles. The quantitative estimate of drug-likeness (QED) is 0.460. The summed E-state index contributed by atoms with van der Waals surface area (Å²) in [4.78, 5) is 11.6. The fourth-order valence-electron chi connectivity index (χ4n) is 7.59. The summed E-state index contributed by atoms with van der Waals surface area (Å²) in [6.45, 7) is 8.94. The normalized spacial score (nSPS) is 48.8. The van der Waals surface area contributed by atoms with Gasteiger partial charge in [-0.2, -0.15) is 0 Å². The topological polar surface area (TPSA) is 26.3 Å². The second kappa shape index (κ2) is 6.13. The van der Waals surface area contributed by atoms with E-state index in [1.165, 1.54) is 51.4 Å². The van der Waals surface area contributed by atoms with Gasteiger partial charge >= 0.3 is 5.97 Å². The van der Waals surface area contributed by atoms with Crippen LogP contribution in [0.3, 0.4) is 0 Å². The molecule has 0 aromatic rings. The Morgan fingerprint density at radius 3 is 2.60 bits per heavy atom. The minimum atomic E-state index is -0.0887. The SMILES string of the molecule is CCC1=CC[C@@]2(C)[C@@H](CC[C@@H]3[C@@H]2CC[C@]2(C)[C@H](OC(C)=O)CC[C@@H]32)C1. The molecule has 3 fully saturated rings. The van der Waals surface area contributed by atoms with Crippen LogP contribution in [0, 0.1) is 34.5 Å². The van der Waals surface area contributed by atoms with E-state index in [1.807, 2.05) is 0 Å². The van der Waals surface area contributed by atoms with E-state index in [-0.39, 0.29) is 17.5 Å². The van der Waals surface area contributed by atoms with E-state index < -0.39 is 0 Å². The van der Waals surface area contributed by atoms with Crippen LogP contribution in [-0.4, -0.2) is 12.1 Å². The van der Waals surface area contributed by atoms with Crippen molar-refractivity contribution >= 4 is 5.97 Å². The Morgan fingerprint density at radius 1 is 1.12 bits per heavy atom. The molecule has 4 rings (SSSR count). The summed E-state index contributed by atoms with van der Waals surface area (Å²) >= 11 is 0. The number of allylic oxidation sites excluding steroid dienone is 2. The summed E-state index contributed by atoms with van der Waals surface area (Å²) < 4.78 is 5.78. The Labute approximate surface area is 153 Å². The zero-order valence-electron chi connectivity index (χ0n) is 16.6. The Hall–Kier alpha value is -0.790. The number of hydrogen-bond donors (Lipinski definition) is 0. The molecule has 0 bridgehead atoms. The lowest BCUT2D eigenvalue weighted by Gasteiger charge is -2.60. The molecule has 0 heterocycles. The van der Waals surface area contributed by atoms with Crippen LogP contribution in [0.2, 0.25) is 0 Å². The molecular weight excluding hydrogens is 308 g/mol. The summed E-state index contributed by atoms with van der Waals surface area (Å²) in [5.41, 5.74) is 2.45. The van der Waals surface area contributed by atoms with Crippen LogP contribution in [0.4, 0.5) is 0 Å². The highest BCUT2D eigenvalue weighted by Crippen LogP contribution is 2.66. The van der Waals surface area contributed by atoms with Crippen molar-refractivity contribution in [3.63, 3.8) is 0 Å². The molecule has 0 N–H and O–H groups in total. The van der Waals surface area contributed by atoms with Crippen molar-refractivity contribution in [1.82, 2.24) is 0 Å². The molecule has 0 spiro atoms. The first-order valence-corrected chi connectivity index (χ1v) is 10.7. The molecule has 2 nitrogen and oxygen atoms in total. The van der Waals surface area contributed by atoms with E-state index in [0.717, 1.165) is 30.1 Å². The third-order valence-corrected chi connectivity index (χ3v) is 9.08. The number of fused-ring (bicyclic) bond motifs is 5. The Balaban J connectivity index is 1.58. The predicted molar refractivity (Wildman–Crippen MR) is 101 cm³/mol. The van der Waals surface area contributed by atoms with Gasteiger partial charge in [0.1, 0.15) is 6.10 Å². The zero-order chi connectivity index (χ0) is 17.8. The summed E-state index contributed by atoms with van der Waals surface area (Å²) in [6, 6.07) is 0. The maximum absolute atomic E-state index is 11.6. The van der Waals surface area contributed by atoms with Crippen molar-refractivity contribution in [2.24, 2.45) is 34.5 Å². The van der Waals surface area contributed by atoms with Crippen LogP contribution in [0.1, 0.15) is 85.5 Å². The summed E-state index contributed by atoms with van der Waals surface area (Å²) in [6.07, 6.45) is 14.4. The van der Waals surface area contributed by atoms with Crippen LogP contribution >= 0.6 is 0 Å². The van der Waals surface area contributed by atoms with E-state index in [2.05, 4.69) is 26.8 Å². The standard InChI is InChI=1S/C23H36O2/c1-5-16-10-12-22(3)17(14-16)6-7-18-19-8-9-21(25-15(2)24)23(19,4)13-11-20(18)22/h10,17-21H,5-9,11-14H2,1-4H3/t17-,18-,19-,20-,21+,22-,23-/m0/s1. The van der Waals surface area contributed by atoms with Crippen LogP contribution in [0.5, 0.6) is 0 Å². The number of hydrogen-bond acceptors (Lipinski definition) is 2. The molecule has 0 aromatic carbocycles. The molecule has 0 radical (unpaired) electrons. The van der Waals surface area contributed by atoms with Gasteiger partial charge in [0, 0.05) is 12.3 Å². The lowest BCUT2D eigenvalue weighted by Crippen LogP contribution is -2.53. The molecule has 0 saturated heterocycles. The summed E-state index contributed by atoms with van der Waals surface area (Å²) in [5, 5.41) is 0. The number of rotatable bonds is 2. The van der Waals surface area contributed by atoms with Crippen LogP contribution in [-0.2, 0) is 9.53 Å². The van der Waals surface area contributed by atoms with Gasteiger partial charge in [-0.25, -0.2) is 0 Å². The van der Waals surface area contributed by atoms with Crippen molar-refractivity contribution in [1.29, 1.82) is 0 Å². The molecule has 0 aliphatic heterocycles. The molecule has 0 amide bonds. The van der Waals surface area contributed by atoms with Crippen molar-refractivity contribution in [3.8, 4) is 0 Å². The average molecular weight is 345 g/mol.